The van der Waals surface area contributed by atoms with Gasteiger partial charge in [0, 0.05) is 11.6 Å². The molecule has 198 valence electrons. The van der Waals surface area contributed by atoms with Gasteiger partial charge >= 0.3 is 5.97 Å². The first-order valence-corrected chi connectivity index (χ1v) is 12.9. The molecule has 7 nitrogen and oxygen atoms in total. The Morgan fingerprint density at radius 3 is 2.42 bits per heavy atom. The molecule has 5 aromatic rings. The molecular formula is C33H27N3O4. The van der Waals surface area contributed by atoms with Crippen molar-refractivity contribution >= 4 is 29.2 Å². The van der Waals surface area contributed by atoms with Crippen molar-refractivity contribution in [1.82, 2.24) is 9.66 Å². The minimum Gasteiger partial charge on any atom is -0.490 e. The summed E-state index contributed by atoms with van der Waals surface area (Å²) in [6.45, 7) is 4.21. The highest BCUT2D eigenvalue weighted by Gasteiger charge is 2.13. The van der Waals surface area contributed by atoms with Crippen LogP contribution in [0.3, 0.4) is 0 Å². The topological polar surface area (TPSA) is 82.8 Å². The lowest BCUT2D eigenvalue weighted by atomic mass is 10.1. The Hall–Kier alpha value is -5.30. The van der Waals surface area contributed by atoms with E-state index in [-0.39, 0.29) is 11.3 Å². The first kappa shape index (κ1) is 26.3. The zero-order valence-corrected chi connectivity index (χ0v) is 22.2. The lowest BCUT2D eigenvalue weighted by Gasteiger charge is -2.11. The average Bonchev–Trinajstić information content (AvgIpc) is 2.98. The Labute approximate surface area is 231 Å². The fourth-order valence-corrected chi connectivity index (χ4v) is 4.07. The van der Waals surface area contributed by atoms with Gasteiger partial charge in [0.05, 0.1) is 23.7 Å². The summed E-state index contributed by atoms with van der Waals surface area (Å²) >= 11 is 0. The van der Waals surface area contributed by atoms with E-state index in [1.807, 2.05) is 80.6 Å². The fraction of sp³-hybridized carbons (Fsp3) is 0.0909. The third-order valence-corrected chi connectivity index (χ3v) is 6.08. The maximum absolute atomic E-state index is 13.4. The molecule has 5 rings (SSSR count). The summed E-state index contributed by atoms with van der Waals surface area (Å²) in [7, 11) is 0. The second kappa shape index (κ2) is 12.0. The van der Waals surface area contributed by atoms with Crippen molar-refractivity contribution in [3.8, 4) is 22.9 Å². The van der Waals surface area contributed by atoms with Crippen molar-refractivity contribution in [1.29, 1.82) is 0 Å². The molecule has 0 aliphatic heterocycles. The first-order valence-electron chi connectivity index (χ1n) is 12.9. The van der Waals surface area contributed by atoms with Gasteiger partial charge in [-0.1, -0.05) is 72.3 Å². The van der Waals surface area contributed by atoms with Gasteiger partial charge in [-0.25, -0.2) is 9.78 Å². The molecule has 0 aliphatic rings. The monoisotopic (exact) mass is 529 g/mol. The summed E-state index contributed by atoms with van der Waals surface area (Å²) in [5.41, 5.74) is 3.73. The average molecular weight is 530 g/mol. The van der Waals surface area contributed by atoms with Crippen LogP contribution >= 0.6 is 0 Å². The molecule has 0 saturated carbocycles. The molecule has 4 aromatic carbocycles. The predicted octanol–water partition coefficient (Wildman–Crippen LogP) is 6.27. The van der Waals surface area contributed by atoms with Gasteiger partial charge in [-0.05, 0) is 61.4 Å². The zero-order chi connectivity index (χ0) is 27.9. The van der Waals surface area contributed by atoms with Crippen LogP contribution in [-0.2, 0) is 4.79 Å². The second-order valence-corrected chi connectivity index (χ2v) is 8.98. The molecule has 0 atom stereocenters. The number of aromatic nitrogens is 2. The zero-order valence-electron chi connectivity index (χ0n) is 22.2. The van der Waals surface area contributed by atoms with Crippen molar-refractivity contribution in [2.75, 3.05) is 6.61 Å². The van der Waals surface area contributed by atoms with E-state index < -0.39 is 5.97 Å². The molecule has 0 unspecified atom stereocenters. The summed E-state index contributed by atoms with van der Waals surface area (Å²) in [4.78, 5) is 30.6. The van der Waals surface area contributed by atoms with E-state index in [1.165, 1.54) is 10.8 Å². The number of carbonyl (C=O) groups is 1. The molecule has 40 heavy (non-hydrogen) atoms. The third kappa shape index (κ3) is 6.05. The quantitative estimate of drug-likeness (QED) is 0.102. The third-order valence-electron chi connectivity index (χ3n) is 6.08. The number of hydrogen-bond acceptors (Lipinski definition) is 6. The number of carbonyl (C=O) groups excluding carboxylic acids is 1. The van der Waals surface area contributed by atoms with E-state index >= 15 is 0 Å². The van der Waals surface area contributed by atoms with Crippen LogP contribution in [0.25, 0.3) is 28.4 Å². The van der Waals surface area contributed by atoms with Crippen LogP contribution in [0.5, 0.6) is 11.5 Å². The molecule has 1 heterocycles. The van der Waals surface area contributed by atoms with Crippen molar-refractivity contribution in [2.24, 2.45) is 5.10 Å². The van der Waals surface area contributed by atoms with E-state index in [1.54, 1.807) is 42.6 Å². The van der Waals surface area contributed by atoms with Crippen LogP contribution in [0.2, 0.25) is 0 Å². The lowest BCUT2D eigenvalue weighted by molar-refractivity contribution is -0.129. The van der Waals surface area contributed by atoms with Gasteiger partial charge in [0.15, 0.2) is 17.3 Å². The van der Waals surface area contributed by atoms with Gasteiger partial charge < -0.3 is 9.47 Å². The van der Waals surface area contributed by atoms with Gasteiger partial charge in [-0.2, -0.15) is 9.78 Å². The van der Waals surface area contributed by atoms with Gasteiger partial charge in [0.25, 0.3) is 5.56 Å². The largest absolute Gasteiger partial charge is 0.490 e. The first-order chi connectivity index (χ1) is 19.5. The van der Waals surface area contributed by atoms with Crippen molar-refractivity contribution in [2.45, 2.75) is 13.8 Å². The number of hydrogen-bond donors (Lipinski definition) is 0. The Bertz CT molecular complexity index is 1770. The normalized spacial score (nSPS) is 11.3. The molecule has 7 heteroatoms. The maximum atomic E-state index is 13.4. The van der Waals surface area contributed by atoms with Gasteiger partial charge in [0.1, 0.15) is 0 Å². The molecule has 0 bridgehead atoms. The van der Waals surface area contributed by atoms with E-state index in [4.69, 9.17) is 14.5 Å². The maximum Gasteiger partial charge on any atom is 0.336 e. The van der Waals surface area contributed by atoms with Gasteiger partial charge in [0.2, 0.25) is 0 Å². The summed E-state index contributed by atoms with van der Waals surface area (Å²) in [5.74, 6) is 0.575. The summed E-state index contributed by atoms with van der Waals surface area (Å²) in [6, 6.07) is 29.5. The number of rotatable bonds is 8. The van der Waals surface area contributed by atoms with Crippen LogP contribution in [-0.4, -0.2) is 28.5 Å². The molecule has 0 N–H and O–H groups in total. The van der Waals surface area contributed by atoms with Crippen molar-refractivity contribution in [3.63, 3.8) is 0 Å². The minimum absolute atomic E-state index is 0.279. The number of nitrogens with zero attached hydrogens (tertiary/aromatic N) is 3. The number of fused-ring (bicyclic) bond motifs is 1. The standard InChI is InChI=1S/C33H27N3O4/c1-3-39-30-21-25(15-19-29(30)40-31(37)20-16-24-9-5-4-6-10-24)22-34-36-32(26-17-13-23(2)14-18-26)35-28-12-8-7-11-27(28)33(36)38/h4-22H,3H2,1-2H3/b20-16+,34-22?. The number of ether oxygens (including phenoxy) is 2. The Balaban J connectivity index is 1.46. The van der Waals surface area contributed by atoms with E-state index in [2.05, 4.69) is 5.10 Å². The molecule has 0 spiro atoms. The SMILES string of the molecule is CCOc1cc(C=Nn2c(-c3ccc(C)cc3)nc3ccccc3c2=O)ccc1OC(=O)/C=C/c1ccccc1. The highest BCUT2D eigenvalue weighted by atomic mass is 16.6. The predicted molar refractivity (Wildman–Crippen MR) is 158 cm³/mol. The van der Waals surface area contributed by atoms with Crippen LogP contribution < -0.4 is 15.0 Å². The highest BCUT2D eigenvalue weighted by molar-refractivity contribution is 5.89. The Morgan fingerprint density at radius 1 is 0.900 bits per heavy atom. The number of aryl methyl sites for hydroxylation is 1. The molecule has 0 radical (unpaired) electrons. The molecule has 0 aliphatic carbocycles. The van der Waals surface area contributed by atoms with Crippen molar-refractivity contribution < 1.29 is 14.3 Å². The number of benzene rings is 4. The van der Waals surface area contributed by atoms with E-state index in [0.717, 1.165) is 16.7 Å². The minimum atomic E-state index is -0.525. The van der Waals surface area contributed by atoms with Crippen molar-refractivity contribution in [3.05, 3.63) is 130 Å². The van der Waals surface area contributed by atoms with E-state index in [9.17, 15) is 9.59 Å². The van der Waals surface area contributed by atoms with Gasteiger partial charge in [-0.3, -0.25) is 4.79 Å². The van der Waals surface area contributed by atoms with Crippen LogP contribution in [0.1, 0.15) is 23.6 Å². The number of para-hydroxylation sites is 1. The summed E-state index contributed by atoms with van der Waals surface area (Å²) in [6.07, 6.45) is 4.61. The highest BCUT2D eigenvalue weighted by Crippen LogP contribution is 2.28. The summed E-state index contributed by atoms with van der Waals surface area (Å²) < 4.78 is 12.6. The summed E-state index contributed by atoms with van der Waals surface area (Å²) in [5, 5.41) is 4.99. The smallest absolute Gasteiger partial charge is 0.336 e. The second-order valence-electron chi connectivity index (χ2n) is 8.98. The Kier molecular flexibility index (Phi) is 7.92. The van der Waals surface area contributed by atoms with Gasteiger partial charge in [-0.15, -0.1) is 0 Å². The van der Waals surface area contributed by atoms with Crippen LogP contribution in [0.4, 0.5) is 0 Å². The van der Waals surface area contributed by atoms with Crippen LogP contribution in [0, 0.1) is 6.92 Å². The number of esters is 1. The lowest BCUT2D eigenvalue weighted by Crippen LogP contribution is -2.20. The van der Waals surface area contributed by atoms with Crippen LogP contribution in [0.15, 0.2) is 113 Å². The molecule has 0 fully saturated rings. The Morgan fingerprint density at radius 2 is 1.65 bits per heavy atom. The molecule has 1 aromatic heterocycles. The fourth-order valence-electron chi connectivity index (χ4n) is 4.07. The molecule has 0 amide bonds. The van der Waals surface area contributed by atoms with E-state index in [0.29, 0.717) is 34.6 Å². The molecular weight excluding hydrogens is 502 g/mol. The molecule has 0 saturated heterocycles.